The number of nitrogens with zero attached hydrogens (tertiary/aromatic N) is 2. The molecule has 88 valence electrons. The predicted molar refractivity (Wildman–Crippen MR) is 69.9 cm³/mol. The topological polar surface area (TPSA) is 37.8 Å². The van der Waals surface area contributed by atoms with Gasteiger partial charge in [-0.2, -0.15) is 0 Å². The molecule has 2 aromatic rings. The lowest BCUT2D eigenvalue weighted by atomic mass is 10.1. The highest BCUT2D eigenvalue weighted by Crippen LogP contribution is 2.18. The van der Waals surface area contributed by atoms with Crippen LogP contribution < -0.4 is 5.32 Å². The summed E-state index contributed by atoms with van der Waals surface area (Å²) in [5, 5.41) is 3.57. The summed E-state index contributed by atoms with van der Waals surface area (Å²) in [6, 6.07) is 10.1. The van der Waals surface area contributed by atoms with Crippen molar-refractivity contribution in [2.75, 3.05) is 6.54 Å². The van der Waals surface area contributed by atoms with E-state index in [0.29, 0.717) is 0 Å². The lowest BCUT2D eigenvalue weighted by Gasteiger charge is -2.05. The number of nitrogens with one attached hydrogen (secondary N) is 1. The van der Waals surface area contributed by atoms with E-state index < -0.39 is 0 Å². The smallest absolute Gasteiger partial charge is 0.222 e. The summed E-state index contributed by atoms with van der Waals surface area (Å²) in [6.07, 6.45) is 1.67. The zero-order chi connectivity index (χ0) is 12.1. The van der Waals surface area contributed by atoms with Crippen LogP contribution in [0.5, 0.6) is 0 Å². The molecule has 1 N–H and O–H groups in total. The molecule has 0 bridgehead atoms. The maximum atomic E-state index is 5.78. The second-order valence-corrected chi connectivity index (χ2v) is 4.03. The van der Waals surface area contributed by atoms with Crippen molar-refractivity contribution in [1.82, 2.24) is 15.3 Å². The molecule has 1 aromatic carbocycles. The highest BCUT2D eigenvalue weighted by Gasteiger charge is 2.01. The van der Waals surface area contributed by atoms with Crippen molar-refractivity contribution in [1.29, 1.82) is 0 Å². The molecule has 3 nitrogen and oxygen atoms in total. The van der Waals surface area contributed by atoms with Gasteiger partial charge in [-0.1, -0.05) is 25.1 Å². The number of halogens is 1. The Labute approximate surface area is 106 Å². The van der Waals surface area contributed by atoms with Gasteiger partial charge >= 0.3 is 0 Å². The van der Waals surface area contributed by atoms with Gasteiger partial charge in [0.25, 0.3) is 0 Å². The van der Waals surface area contributed by atoms with E-state index in [1.54, 1.807) is 6.20 Å². The monoisotopic (exact) mass is 247 g/mol. The highest BCUT2D eigenvalue weighted by molar-refractivity contribution is 6.28. The Hall–Kier alpha value is -1.45. The van der Waals surface area contributed by atoms with Crippen LogP contribution in [-0.2, 0) is 6.54 Å². The molecule has 0 spiro atoms. The van der Waals surface area contributed by atoms with Crippen molar-refractivity contribution in [3.05, 3.63) is 47.4 Å². The van der Waals surface area contributed by atoms with Crippen LogP contribution in [0.3, 0.4) is 0 Å². The van der Waals surface area contributed by atoms with Gasteiger partial charge in [-0.25, -0.2) is 9.97 Å². The fourth-order valence-corrected chi connectivity index (χ4v) is 1.75. The van der Waals surface area contributed by atoms with Crippen LogP contribution in [0.25, 0.3) is 11.3 Å². The Bertz CT molecular complexity index is 500. The van der Waals surface area contributed by atoms with Gasteiger partial charge in [-0.3, -0.25) is 0 Å². The number of rotatable bonds is 4. The van der Waals surface area contributed by atoms with Gasteiger partial charge in [0.2, 0.25) is 5.28 Å². The molecule has 0 saturated heterocycles. The Morgan fingerprint density at radius 3 is 2.94 bits per heavy atom. The van der Waals surface area contributed by atoms with E-state index in [4.69, 9.17) is 11.6 Å². The number of hydrogen-bond donors (Lipinski definition) is 1. The van der Waals surface area contributed by atoms with Crippen LogP contribution in [0.4, 0.5) is 0 Å². The van der Waals surface area contributed by atoms with E-state index >= 15 is 0 Å². The Morgan fingerprint density at radius 2 is 2.18 bits per heavy atom. The van der Waals surface area contributed by atoms with Crippen molar-refractivity contribution in [3.63, 3.8) is 0 Å². The number of benzene rings is 1. The lowest BCUT2D eigenvalue weighted by Crippen LogP contribution is -2.11. The van der Waals surface area contributed by atoms with Crippen molar-refractivity contribution in [2.45, 2.75) is 13.5 Å². The highest BCUT2D eigenvalue weighted by atomic mass is 35.5. The maximum Gasteiger partial charge on any atom is 0.222 e. The molecule has 0 aliphatic rings. The molecule has 0 atom stereocenters. The van der Waals surface area contributed by atoms with E-state index in [2.05, 4.69) is 34.3 Å². The molecule has 17 heavy (non-hydrogen) atoms. The van der Waals surface area contributed by atoms with Crippen LogP contribution in [0.1, 0.15) is 12.5 Å². The van der Waals surface area contributed by atoms with Gasteiger partial charge < -0.3 is 5.32 Å². The van der Waals surface area contributed by atoms with Crippen molar-refractivity contribution in [2.24, 2.45) is 0 Å². The summed E-state index contributed by atoms with van der Waals surface area (Å²) in [5.41, 5.74) is 3.15. The largest absolute Gasteiger partial charge is 0.313 e. The van der Waals surface area contributed by atoms with Gasteiger partial charge in [0.1, 0.15) is 0 Å². The maximum absolute atomic E-state index is 5.78. The molecule has 0 unspecified atom stereocenters. The third-order valence-corrected chi connectivity index (χ3v) is 2.61. The lowest BCUT2D eigenvalue weighted by molar-refractivity contribution is 0.727. The normalized spacial score (nSPS) is 10.5. The third-order valence-electron chi connectivity index (χ3n) is 2.43. The predicted octanol–water partition coefficient (Wildman–Crippen LogP) is 2.91. The van der Waals surface area contributed by atoms with Crippen LogP contribution in [0, 0.1) is 0 Å². The fraction of sp³-hybridized carbons (Fsp3) is 0.231. The zero-order valence-corrected chi connectivity index (χ0v) is 10.4. The second kappa shape index (κ2) is 5.75. The van der Waals surface area contributed by atoms with Crippen LogP contribution in [-0.4, -0.2) is 16.5 Å². The molecule has 0 radical (unpaired) electrons. The van der Waals surface area contributed by atoms with E-state index in [-0.39, 0.29) is 5.28 Å². The number of aromatic nitrogens is 2. The van der Waals surface area contributed by atoms with E-state index in [9.17, 15) is 0 Å². The van der Waals surface area contributed by atoms with Gasteiger partial charge in [-0.15, -0.1) is 0 Å². The van der Waals surface area contributed by atoms with E-state index in [0.717, 1.165) is 24.3 Å². The molecule has 0 amide bonds. The van der Waals surface area contributed by atoms with E-state index in [1.807, 2.05) is 18.2 Å². The minimum atomic E-state index is 0.277. The molecule has 1 heterocycles. The minimum Gasteiger partial charge on any atom is -0.313 e. The van der Waals surface area contributed by atoms with Crippen molar-refractivity contribution < 1.29 is 0 Å². The number of hydrogen-bond acceptors (Lipinski definition) is 3. The molecular weight excluding hydrogens is 234 g/mol. The van der Waals surface area contributed by atoms with Gasteiger partial charge in [-0.05, 0) is 35.8 Å². The van der Waals surface area contributed by atoms with Crippen molar-refractivity contribution >= 4 is 11.6 Å². The summed E-state index contributed by atoms with van der Waals surface area (Å²) in [6.45, 7) is 3.92. The SMILES string of the molecule is CCNCc1cccc(-c2ccnc(Cl)n2)c1. The van der Waals surface area contributed by atoms with Gasteiger partial charge in [0, 0.05) is 18.3 Å². The quantitative estimate of drug-likeness (QED) is 0.845. The average molecular weight is 248 g/mol. The molecule has 0 fully saturated rings. The Morgan fingerprint density at radius 1 is 1.29 bits per heavy atom. The molecule has 0 aliphatic heterocycles. The van der Waals surface area contributed by atoms with Crippen molar-refractivity contribution in [3.8, 4) is 11.3 Å². The molecular formula is C13H14ClN3. The Kier molecular flexibility index (Phi) is 4.07. The minimum absolute atomic E-state index is 0.277. The van der Waals surface area contributed by atoms with Crippen LogP contribution in [0.15, 0.2) is 36.5 Å². The standard InChI is InChI=1S/C13H14ClN3/c1-2-15-9-10-4-3-5-11(8-10)12-6-7-16-13(14)17-12/h3-8,15H,2,9H2,1H3. The summed E-state index contributed by atoms with van der Waals surface area (Å²) in [7, 11) is 0. The summed E-state index contributed by atoms with van der Waals surface area (Å²) >= 11 is 5.78. The first-order chi connectivity index (χ1) is 8.29. The first-order valence-electron chi connectivity index (χ1n) is 5.58. The third kappa shape index (κ3) is 3.25. The summed E-state index contributed by atoms with van der Waals surface area (Å²) in [5.74, 6) is 0. The van der Waals surface area contributed by atoms with Gasteiger partial charge in [0.05, 0.1) is 5.69 Å². The summed E-state index contributed by atoms with van der Waals surface area (Å²) in [4.78, 5) is 8.08. The molecule has 0 saturated carbocycles. The second-order valence-electron chi connectivity index (χ2n) is 3.69. The molecule has 0 aliphatic carbocycles. The molecule has 1 aromatic heterocycles. The van der Waals surface area contributed by atoms with Crippen LogP contribution in [0.2, 0.25) is 5.28 Å². The molecule has 2 rings (SSSR count). The van der Waals surface area contributed by atoms with Crippen LogP contribution >= 0.6 is 11.6 Å². The summed E-state index contributed by atoms with van der Waals surface area (Å²) < 4.78 is 0. The molecule has 4 heteroatoms. The first kappa shape index (κ1) is 12.0. The van der Waals surface area contributed by atoms with E-state index in [1.165, 1.54) is 5.56 Å². The fourth-order valence-electron chi connectivity index (χ4n) is 1.61. The first-order valence-corrected chi connectivity index (χ1v) is 5.96. The average Bonchev–Trinajstić information content (AvgIpc) is 2.37. The Balaban J connectivity index is 2.26. The zero-order valence-electron chi connectivity index (χ0n) is 9.65. The van der Waals surface area contributed by atoms with Gasteiger partial charge in [0.15, 0.2) is 0 Å².